The van der Waals surface area contributed by atoms with Gasteiger partial charge in [-0.3, -0.25) is 0 Å². The molecule has 0 saturated heterocycles. The Hall–Kier alpha value is -2.26. The SMILES string of the molecule is C.COc1ccccc1-c1ccc2c(c1)c(CCCCC1CCC(N)CC1)cn2CC1CCCCC1. The lowest BCUT2D eigenvalue weighted by Crippen LogP contribution is -2.26. The molecule has 3 heteroatoms. The number of ether oxygens (including phenoxy) is 1. The molecule has 0 radical (unpaired) electrons. The van der Waals surface area contributed by atoms with Gasteiger partial charge in [0.25, 0.3) is 0 Å². The Morgan fingerprint density at radius 1 is 0.889 bits per heavy atom. The van der Waals surface area contributed by atoms with Gasteiger partial charge in [-0.25, -0.2) is 0 Å². The molecule has 2 aliphatic carbocycles. The van der Waals surface area contributed by atoms with Crippen LogP contribution in [0.1, 0.15) is 90.0 Å². The van der Waals surface area contributed by atoms with E-state index in [0.717, 1.165) is 17.6 Å². The van der Waals surface area contributed by atoms with E-state index in [4.69, 9.17) is 10.5 Å². The van der Waals surface area contributed by atoms with Crippen LogP contribution < -0.4 is 10.5 Å². The number of aryl methyl sites for hydroxylation is 1. The number of benzene rings is 2. The maximum absolute atomic E-state index is 6.11. The monoisotopic (exact) mass is 488 g/mol. The highest BCUT2D eigenvalue weighted by molar-refractivity contribution is 5.89. The highest BCUT2D eigenvalue weighted by Crippen LogP contribution is 2.35. The first-order valence-electron chi connectivity index (χ1n) is 14.2. The van der Waals surface area contributed by atoms with E-state index in [1.807, 2.05) is 6.07 Å². The van der Waals surface area contributed by atoms with Gasteiger partial charge >= 0.3 is 0 Å². The van der Waals surface area contributed by atoms with Gasteiger partial charge in [0.05, 0.1) is 7.11 Å². The van der Waals surface area contributed by atoms with E-state index in [9.17, 15) is 0 Å². The molecule has 1 aromatic heterocycles. The minimum Gasteiger partial charge on any atom is -0.496 e. The van der Waals surface area contributed by atoms with Gasteiger partial charge in [-0.15, -0.1) is 0 Å². The first-order chi connectivity index (χ1) is 17.2. The van der Waals surface area contributed by atoms with E-state index in [2.05, 4.69) is 47.2 Å². The molecule has 0 bridgehead atoms. The molecule has 0 amide bonds. The van der Waals surface area contributed by atoms with Crippen molar-refractivity contribution in [1.82, 2.24) is 4.57 Å². The number of nitrogens with two attached hydrogens (primary N) is 1. The van der Waals surface area contributed by atoms with Crippen LogP contribution in [-0.4, -0.2) is 17.7 Å². The molecule has 36 heavy (non-hydrogen) atoms. The number of unbranched alkanes of at least 4 members (excludes halogenated alkanes) is 1. The Morgan fingerprint density at radius 2 is 1.67 bits per heavy atom. The molecule has 2 aliphatic rings. The number of methoxy groups -OCH3 is 1. The molecule has 3 aromatic rings. The zero-order chi connectivity index (χ0) is 24.0. The van der Waals surface area contributed by atoms with Crippen LogP contribution in [0.4, 0.5) is 0 Å². The standard InChI is InChI=1S/C32H44N2O.CH4/c1-35-32-14-8-7-13-29(32)26-17-20-31-30(21-26)27(23-34(31)22-25-10-3-2-4-11-25)12-6-5-9-24-15-18-28(33)19-16-24;/h7-8,13-14,17,20-21,23-25,28H,2-6,9-12,15-16,18-19,22,33H2,1H3;1H4. The number of aromatic nitrogens is 1. The first-order valence-corrected chi connectivity index (χ1v) is 14.2. The van der Waals surface area contributed by atoms with Crippen molar-refractivity contribution in [1.29, 1.82) is 0 Å². The summed E-state index contributed by atoms with van der Waals surface area (Å²) in [7, 11) is 1.77. The van der Waals surface area contributed by atoms with E-state index in [1.54, 1.807) is 7.11 Å². The van der Waals surface area contributed by atoms with E-state index in [1.165, 1.54) is 118 Å². The van der Waals surface area contributed by atoms with Crippen molar-refractivity contribution >= 4 is 10.9 Å². The lowest BCUT2D eigenvalue weighted by molar-refractivity contribution is 0.303. The Kier molecular flexibility index (Phi) is 9.53. The summed E-state index contributed by atoms with van der Waals surface area (Å²) in [6, 6.07) is 15.9. The molecular formula is C33H48N2O. The second-order valence-corrected chi connectivity index (χ2v) is 11.3. The van der Waals surface area contributed by atoms with E-state index in [0.29, 0.717) is 6.04 Å². The Morgan fingerprint density at radius 3 is 2.44 bits per heavy atom. The maximum Gasteiger partial charge on any atom is 0.126 e. The fourth-order valence-corrected chi connectivity index (χ4v) is 6.65. The van der Waals surface area contributed by atoms with E-state index in [-0.39, 0.29) is 7.43 Å². The normalized spacial score (nSPS) is 20.8. The van der Waals surface area contributed by atoms with Crippen molar-refractivity contribution < 1.29 is 4.74 Å². The number of fused-ring (bicyclic) bond motifs is 1. The first kappa shape index (κ1) is 26.8. The lowest BCUT2D eigenvalue weighted by Gasteiger charge is -2.25. The van der Waals surface area contributed by atoms with Crippen LogP contribution in [-0.2, 0) is 13.0 Å². The van der Waals surface area contributed by atoms with Crippen molar-refractivity contribution in [3.63, 3.8) is 0 Å². The smallest absolute Gasteiger partial charge is 0.126 e. The minimum absolute atomic E-state index is 0. The van der Waals surface area contributed by atoms with E-state index < -0.39 is 0 Å². The molecule has 2 N–H and O–H groups in total. The van der Waals surface area contributed by atoms with Crippen LogP contribution in [0.25, 0.3) is 22.0 Å². The van der Waals surface area contributed by atoms with Crippen molar-refractivity contribution in [2.45, 2.75) is 103 Å². The maximum atomic E-state index is 6.11. The van der Waals surface area contributed by atoms with Crippen molar-refractivity contribution in [2.75, 3.05) is 7.11 Å². The molecule has 2 fully saturated rings. The third-order valence-corrected chi connectivity index (χ3v) is 8.76. The van der Waals surface area contributed by atoms with Gasteiger partial charge in [0.1, 0.15) is 5.75 Å². The molecule has 2 aromatic carbocycles. The van der Waals surface area contributed by atoms with Crippen molar-refractivity contribution in [3.8, 4) is 16.9 Å². The summed E-state index contributed by atoms with van der Waals surface area (Å²) in [6.07, 6.45) is 19.8. The second kappa shape index (κ2) is 12.8. The van der Waals surface area contributed by atoms with Crippen LogP contribution in [0.5, 0.6) is 5.75 Å². The fraction of sp³-hybridized carbons (Fsp3) is 0.576. The Balaban J connectivity index is 0.00000304. The molecule has 0 aliphatic heterocycles. The highest BCUT2D eigenvalue weighted by atomic mass is 16.5. The summed E-state index contributed by atoms with van der Waals surface area (Å²) >= 11 is 0. The third-order valence-electron chi connectivity index (χ3n) is 8.76. The molecule has 3 nitrogen and oxygen atoms in total. The lowest BCUT2D eigenvalue weighted by atomic mass is 9.83. The summed E-state index contributed by atoms with van der Waals surface area (Å²) in [6.45, 7) is 1.17. The zero-order valence-corrected chi connectivity index (χ0v) is 21.7. The summed E-state index contributed by atoms with van der Waals surface area (Å²) in [5.74, 6) is 2.68. The van der Waals surface area contributed by atoms with Gasteiger partial charge in [0.2, 0.25) is 0 Å². The fourth-order valence-electron chi connectivity index (χ4n) is 6.65. The second-order valence-electron chi connectivity index (χ2n) is 11.3. The largest absolute Gasteiger partial charge is 0.496 e. The summed E-state index contributed by atoms with van der Waals surface area (Å²) in [5, 5.41) is 1.44. The molecule has 1 heterocycles. The van der Waals surface area contributed by atoms with Crippen molar-refractivity contribution in [2.24, 2.45) is 17.6 Å². The number of hydrogen-bond donors (Lipinski definition) is 1. The van der Waals surface area contributed by atoms with Crippen LogP contribution in [0.3, 0.4) is 0 Å². The van der Waals surface area contributed by atoms with Crippen molar-refractivity contribution in [3.05, 3.63) is 54.2 Å². The molecule has 196 valence electrons. The molecule has 0 atom stereocenters. The Bertz CT molecular complexity index is 1090. The average molecular weight is 489 g/mol. The molecular weight excluding hydrogens is 440 g/mol. The minimum atomic E-state index is 0. The number of para-hydroxylation sites is 1. The quantitative estimate of drug-likeness (QED) is 0.306. The third kappa shape index (κ3) is 6.35. The van der Waals surface area contributed by atoms with Gasteiger partial charge in [-0.05, 0) is 92.5 Å². The van der Waals surface area contributed by atoms with Gasteiger partial charge in [0.15, 0.2) is 0 Å². The molecule has 0 unspecified atom stereocenters. The summed E-state index contributed by atoms with van der Waals surface area (Å²) < 4.78 is 8.26. The summed E-state index contributed by atoms with van der Waals surface area (Å²) in [5.41, 5.74) is 11.5. The zero-order valence-electron chi connectivity index (χ0n) is 21.7. The van der Waals surface area contributed by atoms with Crippen LogP contribution in [0.15, 0.2) is 48.7 Å². The predicted octanol–water partition coefficient (Wildman–Crippen LogP) is 8.76. The summed E-state index contributed by atoms with van der Waals surface area (Å²) in [4.78, 5) is 0. The Labute approximate surface area is 219 Å². The van der Waals surface area contributed by atoms with E-state index >= 15 is 0 Å². The van der Waals surface area contributed by atoms with Crippen LogP contribution in [0.2, 0.25) is 0 Å². The van der Waals surface area contributed by atoms with Crippen LogP contribution in [0, 0.1) is 11.8 Å². The molecule has 2 saturated carbocycles. The number of hydrogen-bond acceptors (Lipinski definition) is 2. The van der Waals surface area contributed by atoms with Crippen LogP contribution >= 0.6 is 0 Å². The molecule has 0 spiro atoms. The van der Waals surface area contributed by atoms with Gasteiger partial charge in [-0.2, -0.15) is 0 Å². The molecule has 5 rings (SSSR count). The number of nitrogens with zero attached hydrogens (tertiary/aromatic N) is 1. The highest BCUT2D eigenvalue weighted by Gasteiger charge is 2.19. The average Bonchev–Trinajstić information content (AvgIpc) is 3.24. The van der Waals surface area contributed by atoms with Gasteiger partial charge < -0.3 is 15.0 Å². The predicted molar refractivity (Wildman–Crippen MR) is 155 cm³/mol. The van der Waals surface area contributed by atoms with Gasteiger partial charge in [-0.1, -0.05) is 63.8 Å². The number of rotatable bonds is 9. The van der Waals surface area contributed by atoms with Gasteiger partial charge in [0, 0.05) is 35.2 Å². The topological polar surface area (TPSA) is 40.2 Å².